The van der Waals surface area contributed by atoms with Crippen molar-refractivity contribution in [2.24, 2.45) is 5.73 Å². The first-order chi connectivity index (χ1) is 7.24. The summed E-state index contributed by atoms with van der Waals surface area (Å²) in [4.78, 5) is 0. The number of benzene rings is 1. The summed E-state index contributed by atoms with van der Waals surface area (Å²) in [6.07, 6.45) is 1.71. The standard InChI is InChI=1S/C12H17NOS/c13-9-10-2-1-3-11(8-10)12(14)4-6-15-7-5-12/h1-3,8,14H,4-7,9,13H2. The highest BCUT2D eigenvalue weighted by molar-refractivity contribution is 7.99. The fourth-order valence-electron chi connectivity index (χ4n) is 1.99. The second-order valence-electron chi connectivity index (χ2n) is 4.05. The van der Waals surface area contributed by atoms with Crippen LogP contribution in [0.3, 0.4) is 0 Å². The zero-order valence-corrected chi connectivity index (χ0v) is 9.59. The Kier molecular flexibility index (Phi) is 3.34. The van der Waals surface area contributed by atoms with Crippen molar-refractivity contribution in [2.45, 2.75) is 25.0 Å². The highest BCUT2D eigenvalue weighted by Crippen LogP contribution is 2.35. The van der Waals surface area contributed by atoms with Gasteiger partial charge in [-0.3, -0.25) is 0 Å². The Morgan fingerprint density at radius 2 is 2.07 bits per heavy atom. The maximum absolute atomic E-state index is 10.5. The molecule has 0 unspecified atom stereocenters. The van der Waals surface area contributed by atoms with Crippen molar-refractivity contribution in [3.8, 4) is 0 Å². The van der Waals surface area contributed by atoms with Gasteiger partial charge in [0.1, 0.15) is 0 Å². The highest BCUT2D eigenvalue weighted by atomic mass is 32.2. The van der Waals surface area contributed by atoms with Crippen LogP contribution in [-0.4, -0.2) is 16.6 Å². The van der Waals surface area contributed by atoms with Gasteiger partial charge in [-0.25, -0.2) is 0 Å². The predicted molar refractivity (Wildman–Crippen MR) is 64.8 cm³/mol. The van der Waals surface area contributed by atoms with Crippen LogP contribution in [0.2, 0.25) is 0 Å². The lowest BCUT2D eigenvalue weighted by molar-refractivity contribution is 0.0280. The van der Waals surface area contributed by atoms with Crippen molar-refractivity contribution < 1.29 is 5.11 Å². The summed E-state index contributed by atoms with van der Waals surface area (Å²) in [7, 11) is 0. The molecule has 0 amide bonds. The molecule has 1 aliphatic rings. The normalized spacial score (nSPS) is 20.1. The molecule has 0 radical (unpaired) electrons. The van der Waals surface area contributed by atoms with Gasteiger partial charge >= 0.3 is 0 Å². The quantitative estimate of drug-likeness (QED) is 0.804. The molecule has 2 rings (SSSR count). The molecular weight excluding hydrogens is 206 g/mol. The van der Waals surface area contributed by atoms with E-state index in [0.717, 1.165) is 35.5 Å². The molecule has 1 aliphatic heterocycles. The largest absolute Gasteiger partial charge is 0.385 e. The summed E-state index contributed by atoms with van der Waals surface area (Å²) >= 11 is 1.92. The number of hydrogen-bond acceptors (Lipinski definition) is 3. The minimum absolute atomic E-state index is 0.540. The molecule has 1 aromatic carbocycles. The second-order valence-corrected chi connectivity index (χ2v) is 5.27. The van der Waals surface area contributed by atoms with Gasteiger partial charge in [-0.05, 0) is 35.5 Å². The van der Waals surface area contributed by atoms with Crippen LogP contribution in [0.15, 0.2) is 24.3 Å². The van der Waals surface area contributed by atoms with Gasteiger partial charge in [0.25, 0.3) is 0 Å². The molecule has 3 heteroatoms. The fourth-order valence-corrected chi connectivity index (χ4v) is 3.15. The molecular formula is C12H17NOS. The molecule has 0 bridgehead atoms. The van der Waals surface area contributed by atoms with E-state index in [-0.39, 0.29) is 0 Å². The maximum atomic E-state index is 10.5. The van der Waals surface area contributed by atoms with Crippen LogP contribution >= 0.6 is 11.8 Å². The van der Waals surface area contributed by atoms with Gasteiger partial charge in [-0.1, -0.05) is 24.3 Å². The van der Waals surface area contributed by atoms with Crippen LogP contribution in [0.1, 0.15) is 24.0 Å². The average Bonchev–Trinajstić information content (AvgIpc) is 2.30. The number of thioether (sulfide) groups is 1. The van der Waals surface area contributed by atoms with Crippen LogP contribution in [0.25, 0.3) is 0 Å². The minimum atomic E-state index is -0.615. The van der Waals surface area contributed by atoms with E-state index in [9.17, 15) is 5.11 Å². The molecule has 1 heterocycles. The van der Waals surface area contributed by atoms with Gasteiger partial charge in [0.2, 0.25) is 0 Å². The molecule has 0 atom stereocenters. The SMILES string of the molecule is NCc1cccc(C2(O)CCSCC2)c1. The number of nitrogens with two attached hydrogens (primary N) is 1. The van der Waals surface area contributed by atoms with Gasteiger partial charge in [-0.2, -0.15) is 11.8 Å². The first kappa shape index (κ1) is 11.0. The minimum Gasteiger partial charge on any atom is -0.385 e. The number of rotatable bonds is 2. The van der Waals surface area contributed by atoms with Crippen molar-refractivity contribution in [3.63, 3.8) is 0 Å². The molecule has 1 aromatic rings. The smallest absolute Gasteiger partial charge is 0.0912 e. The van der Waals surface area contributed by atoms with E-state index >= 15 is 0 Å². The Morgan fingerprint density at radius 1 is 1.33 bits per heavy atom. The third kappa shape index (κ3) is 2.36. The van der Waals surface area contributed by atoms with Gasteiger partial charge < -0.3 is 10.8 Å². The molecule has 82 valence electrons. The van der Waals surface area contributed by atoms with Gasteiger partial charge in [0.15, 0.2) is 0 Å². The zero-order chi connectivity index (χ0) is 10.7. The van der Waals surface area contributed by atoms with E-state index < -0.39 is 5.60 Å². The third-order valence-electron chi connectivity index (χ3n) is 3.02. The Balaban J connectivity index is 2.26. The third-order valence-corrected chi connectivity index (χ3v) is 4.01. The number of hydrogen-bond donors (Lipinski definition) is 2. The lowest BCUT2D eigenvalue weighted by Gasteiger charge is -2.32. The molecule has 3 N–H and O–H groups in total. The van der Waals surface area contributed by atoms with Crippen LogP contribution < -0.4 is 5.73 Å². The Morgan fingerprint density at radius 3 is 2.73 bits per heavy atom. The van der Waals surface area contributed by atoms with Crippen molar-refractivity contribution in [2.75, 3.05) is 11.5 Å². The molecule has 0 aliphatic carbocycles. The van der Waals surface area contributed by atoms with E-state index in [4.69, 9.17) is 5.73 Å². The van der Waals surface area contributed by atoms with Crippen LogP contribution in [-0.2, 0) is 12.1 Å². The topological polar surface area (TPSA) is 46.2 Å². The van der Waals surface area contributed by atoms with Crippen molar-refractivity contribution in [1.29, 1.82) is 0 Å². The molecule has 0 saturated carbocycles. The molecule has 0 aromatic heterocycles. The van der Waals surface area contributed by atoms with Gasteiger partial charge in [0.05, 0.1) is 5.60 Å². The first-order valence-electron chi connectivity index (χ1n) is 5.34. The Labute approximate surface area is 94.9 Å². The summed E-state index contributed by atoms with van der Waals surface area (Å²) in [5.41, 5.74) is 7.12. The van der Waals surface area contributed by atoms with E-state index in [0.29, 0.717) is 6.54 Å². The van der Waals surface area contributed by atoms with Crippen molar-refractivity contribution in [3.05, 3.63) is 35.4 Å². The maximum Gasteiger partial charge on any atom is 0.0912 e. The van der Waals surface area contributed by atoms with Crippen LogP contribution in [0, 0.1) is 0 Å². The molecule has 2 nitrogen and oxygen atoms in total. The van der Waals surface area contributed by atoms with Crippen molar-refractivity contribution >= 4 is 11.8 Å². The fraction of sp³-hybridized carbons (Fsp3) is 0.500. The predicted octanol–water partition coefficient (Wildman–Crippen LogP) is 1.86. The van der Waals surface area contributed by atoms with Gasteiger partial charge in [0, 0.05) is 6.54 Å². The molecule has 1 fully saturated rings. The molecule has 0 spiro atoms. The molecule has 15 heavy (non-hydrogen) atoms. The van der Waals surface area contributed by atoms with Crippen molar-refractivity contribution in [1.82, 2.24) is 0 Å². The first-order valence-corrected chi connectivity index (χ1v) is 6.50. The lowest BCUT2D eigenvalue weighted by atomic mass is 9.87. The Hall–Kier alpha value is -0.510. The zero-order valence-electron chi connectivity index (χ0n) is 8.78. The summed E-state index contributed by atoms with van der Waals surface area (Å²) in [5.74, 6) is 2.09. The summed E-state index contributed by atoms with van der Waals surface area (Å²) in [6, 6.07) is 8.03. The van der Waals surface area contributed by atoms with E-state index in [2.05, 4.69) is 0 Å². The van der Waals surface area contributed by atoms with Gasteiger partial charge in [-0.15, -0.1) is 0 Å². The Bertz CT molecular complexity index is 334. The number of aliphatic hydroxyl groups is 1. The van der Waals surface area contributed by atoms with E-state index in [1.54, 1.807) is 0 Å². The van der Waals surface area contributed by atoms with E-state index in [1.165, 1.54) is 0 Å². The average molecular weight is 223 g/mol. The van der Waals surface area contributed by atoms with Crippen LogP contribution in [0.5, 0.6) is 0 Å². The highest BCUT2D eigenvalue weighted by Gasteiger charge is 2.31. The summed E-state index contributed by atoms with van der Waals surface area (Å²) < 4.78 is 0. The van der Waals surface area contributed by atoms with E-state index in [1.807, 2.05) is 36.0 Å². The van der Waals surface area contributed by atoms with Crippen LogP contribution in [0.4, 0.5) is 0 Å². The summed E-state index contributed by atoms with van der Waals surface area (Å²) in [6.45, 7) is 0.540. The second kappa shape index (κ2) is 4.56. The monoisotopic (exact) mass is 223 g/mol. The summed E-state index contributed by atoms with van der Waals surface area (Å²) in [5, 5.41) is 10.5. The lowest BCUT2D eigenvalue weighted by Crippen LogP contribution is -2.30. The molecule has 1 saturated heterocycles.